The van der Waals surface area contributed by atoms with E-state index in [2.05, 4.69) is 13.8 Å². The first kappa shape index (κ1) is 11.3. The standard InChI is InChI=1S/C12H20O2/c1-9(2)5-4-6-12(13)11-7-10(3)14-8-11/h7-9,12-13H,4-6H2,1-3H3. The van der Waals surface area contributed by atoms with Crippen molar-refractivity contribution < 1.29 is 9.52 Å². The first-order chi connectivity index (χ1) is 6.59. The third-order valence-electron chi connectivity index (χ3n) is 2.39. The van der Waals surface area contributed by atoms with Crippen LogP contribution in [0.4, 0.5) is 0 Å². The fourth-order valence-electron chi connectivity index (χ4n) is 1.52. The van der Waals surface area contributed by atoms with E-state index in [1.807, 2.05) is 13.0 Å². The number of rotatable bonds is 5. The predicted octanol–water partition coefficient (Wildman–Crippen LogP) is 3.45. The van der Waals surface area contributed by atoms with E-state index < -0.39 is 0 Å². The Morgan fingerprint density at radius 1 is 1.36 bits per heavy atom. The van der Waals surface area contributed by atoms with Crippen molar-refractivity contribution in [2.75, 3.05) is 0 Å². The van der Waals surface area contributed by atoms with Crippen molar-refractivity contribution in [2.24, 2.45) is 5.92 Å². The smallest absolute Gasteiger partial charge is 0.101 e. The van der Waals surface area contributed by atoms with E-state index in [0.717, 1.165) is 24.2 Å². The normalized spacial score (nSPS) is 13.5. The van der Waals surface area contributed by atoms with Crippen LogP contribution in [0.1, 0.15) is 50.5 Å². The number of hydrogen-bond acceptors (Lipinski definition) is 2. The summed E-state index contributed by atoms with van der Waals surface area (Å²) >= 11 is 0. The van der Waals surface area contributed by atoms with Crippen LogP contribution in [-0.2, 0) is 0 Å². The van der Waals surface area contributed by atoms with E-state index in [-0.39, 0.29) is 6.10 Å². The van der Waals surface area contributed by atoms with Crippen LogP contribution < -0.4 is 0 Å². The molecular formula is C12H20O2. The molecule has 1 rings (SSSR count). The van der Waals surface area contributed by atoms with Gasteiger partial charge in [0.25, 0.3) is 0 Å². The van der Waals surface area contributed by atoms with Gasteiger partial charge in [0.15, 0.2) is 0 Å². The average molecular weight is 196 g/mol. The highest BCUT2D eigenvalue weighted by molar-refractivity contribution is 5.14. The molecule has 0 spiro atoms. The van der Waals surface area contributed by atoms with Crippen molar-refractivity contribution in [3.05, 3.63) is 23.7 Å². The monoisotopic (exact) mass is 196 g/mol. The molecule has 0 aliphatic carbocycles. The zero-order valence-corrected chi connectivity index (χ0v) is 9.29. The summed E-state index contributed by atoms with van der Waals surface area (Å²) < 4.78 is 5.15. The highest BCUT2D eigenvalue weighted by Gasteiger charge is 2.09. The Morgan fingerprint density at radius 3 is 2.57 bits per heavy atom. The molecule has 14 heavy (non-hydrogen) atoms. The van der Waals surface area contributed by atoms with Crippen molar-refractivity contribution in [1.29, 1.82) is 0 Å². The third kappa shape index (κ3) is 3.54. The van der Waals surface area contributed by atoms with Gasteiger partial charge < -0.3 is 9.52 Å². The van der Waals surface area contributed by atoms with Crippen LogP contribution in [0, 0.1) is 12.8 Å². The van der Waals surface area contributed by atoms with Crippen molar-refractivity contribution in [3.8, 4) is 0 Å². The summed E-state index contributed by atoms with van der Waals surface area (Å²) in [5, 5.41) is 9.79. The summed E-state index contributed by atoms with van der Waals surface area (Å²) in [6.07, 6.45) is 4.37. The van der Waals surface area contributed by atoms with Crippen LogP contribution in [0.2, 0.25) is 0 Å². The molecule has 1 aromatic rings. The first-order valence-electron chi connectivity index (χ1n) is 5.32. The lowest BCUT2D eigenvalue weighted by atomic mass is 10.0. The van der Waals surface area contributed by atoms with Crippen LogP contribution in [0.25, 0.3) is 0 Å². The summed E-state index contributed by atoms with van der Waals surface area (Å²) in [7, 11) is 0. The zero-order chi connectivity index (χ0) is 10.6. The van der Waals surface area contributed by atoms with Gasteiger partial charge in [-0.1, -0.05) is 26.7 Å². The maximum absolute atomic E-state index is 9.79. The van der Waals surface area contributed by atoms with Gasteiger partial charge in [-0.15, -0.1) is 0 Å². The molecule has 2 nitrogen and oxygen atoms in total. The molecule has 0 aromatic carbocycles. The number of aryl methyl sites for hydroxylation is 1. The van der Waals surface area contributed by atoms with Crippen LogP contribution in [0.5, 0.6) is 0 Å². The molecular weight excluding hydrogens is 176 g/mol. The molecule has 0 aliphatic heterocycles. The first-order valence-corrected chi connectivity index (χ1v) is 5.32. The molecule has 80 valence electrons. The van der Waals surface area contributed by atoms with Gasteiger partial charge in [-0.3, -0.25) is 0 Å². The second kappa shape index (κ2) is 5.20. The van der Waals surface area contributed by atoms with E-state index in [0.29, 0.717) is 5.92 Å². The predicted molar refractivity (Wildman–Crippen MR) is 57.1 cm³/mol. The second-order valence-corrected chi connectivity index (χ2v) is 4.33. The number of furan rings is 1. The molecule has 1 unspecified atom stereocenters. The van der Waals surface area contributed by atoms with Crippen molar-refractivity contribution in [3.63, 3.8) is 0 Å². The van der Waals surface area contributed by atoms with E-state index >= 15 is 0 Å². The van der Waals surface area contributed by atoms with E-state index in [1.165, 1.54) is 6.42 Å². The minimum absolute atomic E-state index is 0.355. The largest absolute Gasteiger partial charge is 0.469 e. The molecule has 0 aliphatic rings. The summed E-state index contributed by atoms with van der Waals surface area (Å²) in [6, 6.07) is 1.90. The lowest BCUT2D eigenvalue weighted by Crippen LogP contribution is -1.97. The van der Waals surface area contributed by atoms with Gasteiger partial charge in [0, 0.05) is 5.56 Å². The van der Waals surface area contributed by atoms with Crippen molar-refractivity contribution in [2.45, 2.75) is 46.1 Å². The fraction of sp³-hybridized carbons (Fsp3) is 0.667. The maximum atomic E-state index is 9.79. The van der Waals surface area contributed by atoms with Gasteiger partial charge in [0.1, 0.15) is 5.76 Å². The Labute approximate surface area is 85.9 Å². The Kier molecular flexibility index (Phi) is 4.21. The topological polar surface area (TPSA) is 33.4 Å². The SMILES string of the molecule is Cc1cc(C(O)CCCC(C)C)co1. The fourth-order valence-corrected chi connectivity index (χ4v) is 1.52. The highest BCUT2D eigenvalue weighted by atomic mass is 16.3. The lowest BCUT2D eigenvalue weighted by Gasteiger charge is -2.09. The average Bonchev–Trinajstić information content (AvgIpc) is 2.51. The van der Waals surface area contributed by atoms with Crippen LogP contribution >= 0.6 is 0 Å². The quantitative estimate of drug-likeness (QED) is 0.782. The van der Waals surface area contributed by atoms with E-state index in [4.69, 9.17) is 4.42 Å². The van der Waals surface area contributed by atoms with Gasteiger partial charge >= 0.3 is 0 Å². The van der Waals surface area contributed by atoms with Crippen LogP contribution in [0.3, 0.4) is 0 Å². The molecule has 0 bridgehead atoms. The number of hydrogen-bond donors (Lipinski definition) is 1. The summed E-state index contributed by atoms with van der Waals surface area (Å²) in [6.45, 7) is 6.30. The Balaban J connectivity index is 2.32. The Hall–Kier alpha value is -0.760. The summed E-state index contributed by atoms with van der Waals surface area (Å²) in [5.74, 6) is 1.58. The van der Waals surface area contributed by atoms with Crippen molar-refractivity contribution in [1.82, 2.24) is 0 Å². The van der Waals surface area contributed by atoms with Crippen LogP contribution in [-0.4, -0.2) is 5.11 Å². The van der Waals surface area contributed by atoms with Crippen LogP contribution in [0.15, 0.2) is 16.7 Å². The van der Waals surface area contributed by atoms with Gasteiger partial charge in [-0.05, 0) is 25.3 Å². The zero-order valence-electron chi connectivity index (χ0n) is 9.29. The van der Waals surface area contributed by atoms with Gasteiger partial charge in [-0.2, -0.15) is 0 Å². The number of aliphatic hydroxyl groups is 1. The summed E-state index contributed by atoms with van der Waals surface area (Å²) in [4.78, 5) is 0. The molecule has 0 radical (unpaired) electrons. The molecule has 0 saturated heterocycles. The lowest BCUT2D eigenvalue weighted by molar-refractivity contribution is 0.161. The molecule has 0 fully saturated rings. The van der Waals surface area contributed by atoms with Gasteiger partial charge in [0.2, 0.25) is 0 Å². The minimum atomic E-state index is -0.355. The van der Waals surface area contributed by atoms with E-state index in [9.17, 15) is 5.11 Å². The minimum Gasteiger partial charge on any atom is -0.469 e. The third-order valence-corrected chi connectivity index (χ3v) is 2.39. The Morgan fingerprint density at radius 2 is 2.07 bits per heavy atom. The molecule has 2 heteroatoms. The molecule has 0 amide bonds. The molecule has 1 aromatic heterocycles. The molecule has 0 saturated carbocycles. The maximum Gasteiger partial charge on any atom is 0.101 e. The van der Waals surface area contributed by atoms with Gasteiger partial charge in [-0.25, -0.2) is 0 Å². The second-order valence-electron chi connectivity index (χ2n) is 4.33. The highest BCUT2D eigenvalue weighted by Crippen LogP contribution is 2.22. The van der Waals surface area contributed by atoms with E-state index in [1.54, 1.807) is 6.26 Å². The summed E-state index contributed by atoms with van der Waals surface area (Å²) in [5.41, 5.74) is 0.909. The Bertz CT molecular complexity index is 263. The van der Waals surface area contributed by atoms with Gasteiger partial charge in [0.05, 0.1) is 12.4 Å². The molecule has 1 heterocycles. The molecule has 1 atom stereocenters. The van der Waals surface area contributed by atoms with Crippen molar-refractivity contribution >= 4 is 0 Å². The molecule has 1 N–H and O–H groups in total. The number of aliphatic hydroxyl groups excluding tert-OH is 1.